The minimum absolute atomic E-state index is 0.00216. The first-order chi connectivity index (χ1) is 12.8. The molecule has 26 heavy (non-hydrogen) atoms. The number of benzene rings is 1. The van der Waals surface area contributed by atoms with Gasteiger partial charge in [-0.2, -0.15) is 0 Å². The molecule has 1 aromatic carbocycles. The number of carbonyl (C=O) groups excluding carboxylic acids is 1. The highest BCUT2D eigenvalue weighted by Gasteiger charge is 2.27. The minimum atomic E-state index is -0.0218. The van der Waals surface area contributed by atoms with Gasteiger partial charge in [-0.3, -0.25) is 9.78 Å². The maximum Gasteiger partial charge on any atom is 0.273 e. The molecule has 3 heterocycles. The maximum atomic E-state index is 12.8. The second-order valence-electron chi connectivity index (χ2n) is 6.22. The molecule has 1 fully saturated rings. The van der Waals surface area contributed by atoms with E-state index in [9.17, 15) is 4.79 Å². The molecule has 0 spiro atoms. The first-order valence-corrected chi connectivity index (χ1v) is 9.54. The summed E-state index contributed by atoms with van der Waals surface area (Å²) in [5.41, 5.74) is 1.55. The number of amides is 1. The number of pyridine rings is 1. The summed E-state index contributed by atoms with van der Waals surface area (Å²) in [6.07, 6.45) is 5.29. The Hall–Kier alpha value is -2.73. The molecule has 1 amide bonds. The molecule has 0 unspecified atom stereocenters. The number of nitrogens with zero attached hydrogens (tertiary/aromatic N) is 3. The topological polar surface area (TPSA) is 55.3 Å². The van der Waals surface area contributed by atoms with Crippen LogP contribution in [0.1, 0.15) is 23.3 Å². The first kappa shape index (κ1) is 16.7. The number of thiazole rings is 1. The van der Waals surface area contributed by atoms with Crippen LogP contribution in [0.4, 0.5) is 0 Å². The molecule has 4 rings (SSSR count). The van der Waals surface area contributed by atoms with Crippen LogP contribution in [0.2, 0.25) is 0 Å². The van der Waals surface area contributed by atoms with E-state index in [1.54, 1.807) is 12.4 Å². The molecule has 1 atom stereocenters. The smallest absolute Gasteiger partial charge is 0.273 e. The predicted molar refractivity (Wildman–Crippen MR) is 101 cm³/mol. The van der Waals surface area contributed by atoms with E-state index in [0.717, 1.165) is 35.7 Å². The van der Waals surface area contributed by atoms with Crippen molar-refractivity contribution in [3.63, 3.8) is 0 Å². The zero-order valence-electron chi connectivity index (χ0n) is 14.2. The van der Waals surface area contributed by atoms with E-state index >= 15 is 0 Å². The number of rotatable bonds is 4. The van der Waals surface area contributed by atoms with Crippen molar-refractivity contribution < 1.29 is 9.53 Å². The molecule has 0 bridgehead atoms. The van der Waals surface area contributed by atoms with Crippen LogP contribution in [0.15, 0.2) is 60.2 Å². The lowest BCUT2D eigenvalue weighted by Gasteiger charge is -2.32. The van der Waals surface area contributed by atoms with Crippen LogP contribution >= 0.6 is 11.3 Å². The first-order valence-electron chi connectivity index (χ1n) is 8.66. The molecule has 0 radical (unpaired) electrons. The van der Waals surface area contributed by atoms with Gasteiger partial charge in [0.25, 0.3) is 5.91 Å². The molecule has 1 aliphatic rings. The number of ether oxygens (including phenoxy) is 1. The van der Waals surface area contributed by atoms with Crippen LogP contribution in [-0.2, 0) is 0 Å². The van der Waals surface area contributed by atoms with Gasteiger partial charge in [-0.1, -0.05) is 30.3 Å². The van der Waals surface area contributed by atoms with E-state index in [1.807, 2.05) is 52.7 Å². The van der Waals surface area contributed by atoms with E-state index < -0.39 is 0 Å². The monoisotopic (exact) mass is 365 g/mol. The lowest BCUT2D eigenvalue weighted by molar-refractivity contribution is 0.0533. The minimum Gasteiger partial charge on any atom is -0.488 e. The third kappa shape index (κ3) is 3.75. The van der Waals surface area contributed by atoms with Gasteiger partial charge in [0.1, 0.15) is 22.6 Å². The van der Waals surface area contributed by atoms with Gasteiger partial charge < -0.3 is 9.64 Å². The lowest BCUT2D eigenvalue weighted by Crippen LogP contribution is -2.44. The molecule has 1 aliphatic heterocycles. The van der Waals surface area contributed by atoms with Gasteiger partial charge in [-0.15, -0.1) is 11.3 Å². The standard InChI is InChI=1S/C20H19N3O2S/c24-20(18-14-26-19(22-18)15-5-2-1-3-6-15)23-12-4-7-17(13-23)25-16-8-10-21-11-9-16/h1-3,5-6,8-11,14,17H,4,7,12-13H2/t17-/m0/s1. The van der Waals surface area contributed by atoms with Crippen LogP contribution in [0.5, 0.6) is 5.75 Å². The van der Waals surface area contributed by atoms with Crippen LogP contribution in [-0.4, -0.2) is 40.0 Å². The van der Waals surface area contributed by atoms with Gasteiger partial charge in [0.2, 0.25) is 0 Å². The number of aromatic nitrogens is 2. The van der Waals surface area contributed by atoms with Crippen molar-refractivity contribution in [3.05, 3.63) is 65.9 Å². The Labute approximate surface area is 156 Å². The lowest BCUT2D eigenvalue weighted by atomic mass is 10.1. The number of carbonyl (C=O) groups is 1. The summed E-state index contributed by atoms with van der Waals surface area (Å²) in [7, 11) is 0. The summed E-state index contributed by atoms with van der Waals surface area (Å²) in [6, 6.07) is 13.6. The quantitative estimate of drug-likeness (QED) is 0.704. The number of hydrogen-bond acceptors (Lipinski definition) is 5. The Morgan fingerprint density at radius 2 is 1.96 bits per heavy atom. The molecular weight excluding hydrogens is 346 g/mol. The fourth-order valence-electron chi connectivity index (χ4n) is 3.08. The highest BCUT2D eigenvalue weighted by molar-refractivity contribution is 7.13. The van der Waals surface area contributed by atoms with Gasteiger partial charge in [-0.25, -0.2) is 4.98 Å². The molecule has 5 nitrogen and oxygen atoms in total. The number of likely N-dealkylation sites (tertiary alicyclic amines) is 1. The Morgan fingerprint density at radius 3 is 2.77 bits per heavy atom. The Bertz CT molecular complexity index is 867. The van der Waals surface area contributed by atoms with Crippen LogP contribution in [0, 0.1) is 0 Å². The van der Waals surface area contributed by atoms with Crippen molar-refractivity contribution >= 4 is 17.2 Å². The Morgan fingerprint density at radius 1 is 1.15 bits per heavy atom. The third-order valence-corrected chi connectivity index (χ3v) is 5.25. The van der Waals surface area contributed by atoms with Gasteiger partial charge >= 0.3 is 0 Å². The largest absolute Gasteiger partial charge is 0.488 e. The summed E-state index contributed by atoms with van der Waals surface area (Å²) < 4.78 is 5.99. The zero-order valence-corrected chi connectivity index (χ0v) is 15.1. The third-order valence-electron chi connectivity index (χ3n) is 4.36. The Kier molecular flexibility index (Phi) is 4.93. The van der Waals surface area contributed by atoms with Crippen LogP contribution in [0.25, 0.3) is 10.6 Å². The van der Waals surface area contributed by atoms with E-state index in [1.165, 1.54) is 11.3 Å². The molecule has 0 N–H and O–H groups in total. The Balaban J connectivity index is 1.44. The molecule has 132 valence electrons. The van der Waals surface area contributed by atoms with Crippen molar-refractivity contribution in [2.45, 2.75) is 18.9 Å². The summed E-state index contributed by atoms with van der Waals surface area (Å²) in [4.78, 5) is 23.2. The van der Waals surface area contributed by atoms with Gasteiger partial charge in [0, 0.05) is 29.9 Å². The fourth-order valence-corrected chi connectivity index (χ4v) is 3.88. The van der Waals surface area contributed by atoms with E-state index in [4.69, 9.17) is 4.74 Å². The second kappa shape index (κ2) is 7.66. The van der Waals surface area contributed by atoms with Gasteiger partial charge in [0.15, 0.2) is 0 Å². The number of piperidine rings is 1. The predicted octanol–water partition coefficient (Wildman–Crippen LogP) is 3.89. The second-order valence-corrected chi connectivity index (χ2v) is 7.08. The van der Waals surface area contributed by atoms with Crippen LogP contribution < -0.4 is 4.74 Å². The molecule has 6 heteroatoms. The molecule has 2 aromatic heterocycles. The number of hydrogen-bond donors (Lipinski definition) is 0. The van der Waals surface area contributed by atoms with Crippen molar-refractivity contribution in [1.29, 1.82) is 0 Å². The van der Waals surface area contributed by atoms with Crippen molar-refractivity contribution in [2.75, 3.05) is 13.1 Å². The summed E-state index contributed by atoms with van der Waals surface area (Å²) >= 11 is 1.50. The average molecular weight is 365 g/mol. The SMILES string of the molecule is O=C(c1csc(-c2ccccc2)n1)N1CCC[C@H](Oc2ccncc2)C1. The molecule has 0 saturated carbocycles. The van der Waals surface area contributed by atoms with Crippen molar-refractivity contribution in [3.8, 4) is 16.3 Å². The van der Waals surface area contributed by atoms with Crippen molar-refractivity contribution in [1.82, 2.24) is 14.9 Å². The summed E-state index contributed by atoms with van der Waals surface area (Å²) in [6.45, 7) is 1.33. The summed E-state index contributed by atoms with van der Waals surface area (Å²) in [5.74, 6) is 0.769. The van der Waals surface area contributed by atoms with Gasteiger partial charge in [0.05, 0.1) is 6.54 Å². The van der Waals surface area contributed by atoms with E-state index in [2.05, 4.69) is 9.97 Å². The highest BCUT2D eigenvalue weighted by Crippen LogP contribution is 2.25. The van der Waals surface area contributed by atoms with Crippen LogP contribution in [0.3, 0.4) is 0 Å². The molecule has 3 aromatic rings. The fraction of sp³-hybridized carbons (Fsp3) is 0.250. The molecular formula is C20H19N3O2S. The maximum absolute atomic E-state index is 12.8. The van der Waals surface area contributed by atoms with E-state index in [0.29, 0.717) is 12.2 Å². The zero-order chi connectivity index (χ0) is 17.8. The van der Waals surface area contributed by atoms with Gasteiger partial charge in [-0.05, 0) is 25.0 Å². The van der Waals surface area contributed by atoms with E-state index in [-0.39, 0.29) is 12.0 Å². The highest BCUT2D eigenvalue weighted by atomic mass is 32.1. The van der Waals surface area contributed by atoms with Crippen molar-refractivity contribution in [2.24, 2.45) is 0 Å². The summed E-state index contributed by atoms with van der Waals surface area (Å²) in [5, 5.41) is 2.72. The average Bonchev–Trinajstić information content (AvgIpc) is 3.19. The molecule has 0 aliphatic carbocycles. The normalized spacial score (nSPS) is 17.1. The molecule has 1 saturated heterocycles.